The van der Waals surface area contributed by atoms with Gasteiger partial charge < -0.3 is 0 Å². The summed E-state index contributed by atoms with van der Waals surface area (Å²) in [6, 6.07) is 17.2. The molecule has 0 nitrogen and oxygen atoms in total. The Morgan fingerprint density at radius 3 is 2.03 bits per heavy atom. The third kappa shape index (κ3) is 8.34. The summed E-state index contributed by atoms with van der Waals surface area (Å²) in [5, 5.41) is 0. The molecule has 0 N–H and O–H groups in total. The Kier molecular flexibility index (Phi) is 9.75. The molecule has 0 bridgehead atoms. The average Bonchev–Trinajstić information content (AvgIpc) is 3.39. The minimum absolute atomic E-state index is 0.270. The SMILES string of the molecule is CC(C)(C)C1=C(C(C)(C)C)C[C-]=C1.C[C](=[Zr+2])c1ccccc1.c1cc2c([cH-]1)CCCC2. The molecular formula is C30H40Zr. The molecule has 0 saturated carbocycles. The third-order valence-electron chi connectivity index (χ3n) is 5.92. The van der Waals surface area contributed by atoms with Crippen LogP contribution < -0.4 is 0 Å². The average molecular weight is 492 g/mol. The van der Waals surface area contributed by atoms with Gasteiger partial charge in [-0.1, -0.05) is 72.6 Å². The molecule has 31 heavy (non-hydrogen) atoms. The van der Waals surface area contributed by atoms with Crippen LogP contribution in [0.4, 0.5) is 0 Å². The smallest absolute Gasteiger partial charge is 0.0512 e. The maximum Gasteiger partial charge on any atom is -0.0512 e. The Morgan fingerprint density at radius 2 is 1.55 bits per heavy atom. The fourth-order valence-corrected chi connectivity index (χ4v) is 4.49. The number of hydrogen-bond acceptors (Lipinski definition) is 0. The van der Waals surface area contributed by atoms with E-state index in [9.17, 15) is 0 Å². The van der Waals surface area contributed by atoms with E-state index in [1.54, 1.807) is 16.7 Å². The fraction of sp³-hybridized carbons (Fsp3) is 0.467. The van der Waals surface area contributed by atoms with E-state index in [1.165, 1.54) is 64.3 Å². The Balaban J connectivity index is 0.000000169. The Labute approximate surface area is 206 Å². The van der Waals surface area contributed by atoms with Crippen LogP contribution in [0.3, 0.4) is 0 Å². The van der Waals surface area contributed by atoms with Crippen molar-refractivity contribution in [3.05, 3.63) is 88.5 Å². The number of allylic oxidation sites excluding steroid dienone is 4. The number of benzene rings is 1. The fourth-order valence-electron chi connectivity index (χ4n) is 4.08. The zero-order valence-corrected chi connectivity index (χ0v) is 23.2. The van der Waals surface area contributed by atoms with E-state index in [2.05, 4.69) is 103 Å². The second-order valence-electron chi connectivity index (χ2n) is 10.7. The van der Waals surface area contributed by atoms with Crippen LogP contribution in [-0.2, 0) is 37.1 Å². The summed E-state index contributed by atoms with van der Waals surface area (Å²) in [5.41, 5.74) is 8.17. The first-order valence-electron chi connectivity index (χ1n) is 11.6. The predicted octanol–water partition coefficient (Wildman–Crippen LogP) is 8.20. The van der Waals surface area contributed by atoms with Gasteiger partial charge in [0.15, 0.2) is 0 Å². The van der Waals surface area contributed by atoms with E-state index in [4.69, 9.17) is 0 Å². The zero-order chi connectivity index (χ0) is 23.1. The van der Waals surface area contributed by atoms with Gasteiger partial charge in [0.25, 0.3) is 0 Å². The molecule has 164 valence electrons. The van der Waals surface area contributed by atoms with Crippen molar-refractivity contribution in [2.24, 2.45) is 10.8 Å². The van der Waals surface area contributed by atoms with Crippen LogP contribution in [0.5, 0.6) is 0 Å². The number of rotatable bonds is 1. The summed E-state index contributed by atoms with van der Waals surface area (Å²) >= 11 is 1.51. The van der Waals surface area contributed by atoms with Gasteiger partial charge in [0.2, 0.25) is 0 Å². The Morgan fingerprint density at radius 1 is 0.903 bits per heavy atom. The van der Waals surface area contributed by atoms with Gasteiger partial charge >= 0.3 is 70.3 Å². The summed E-state index contributed by atoms with van der Waals surface area (Å²) in [6.45, 7) is 15.8. The summed E-state index contributed by atoms with van der Waals surface area (Å²) in [7, 11) is 0. The second-order valence-corrected chi connectivity index (χ2v) is 12.5. The van der Waals surface area contributed by atoms with E-state index in [1.807, 2.05) is 6.07 Å². The van der Waals surface area contributed by atoms with Crippen LogP contribution >= 0.6 is 0 Å². The number of aryl methyl sites for hydroxylation is 2. The molecule has 0 aromatic heterocycles. The van der Waals surface area contributed by atoms with Crippen LogP contribution in [0.25, 0.3) is 0 Å². The van der Waals surface area contributed by atoms with Crippen LogP contribution in [0, 0.1) is 16.9 Å². The predicted molar refractivity (Wildman–Crippen MR) is 133 cm³/mol. The van der Waals surface area contributed by atoms with E-state index in [-0.39, 0.29) is 5.41 Å². The minimum Gasteiger partial charge on any atom is -0.210 e. The molecule has 0 aliphatic heterocycles. The normalized spacial score (nSPS) is 15.5. The Hall–Kier alpha value is -1.20. The molecule has 4 rings (SSSR count). The van der Waals surface area contributed by atoms with Crippen molar-refractivity contribution >= 4 is 3.21 Å². The van der Waals surface area contributed by atoms with Crippen LogP contribution in [0.15, 0.2) is 65.8 Å². The first-order chi connectivity index (χ1) is 14.5. The van der Waals surface area contributed by atoms with Crippen molar-refractivity contribution in [3.63, 3.8) is 0 Å². The quantitative estimate of drug-likeness (QED) is 0.353. The monoisotopic (exact) mass is 490 g/mol. The van der Waals surface area contributed by atoms with Gasteiger partial charge in [-0.2, -0.15) is 34.4 Å². The summed E-state index contributed by atoms with van der Waals surface area (Å²) < 4.78 is 1.46. The van der Waals surface area contributed by atoms with Gasteiger partial charge in [-0.05, 0) is 5.41 Å². The molecule has 0 atom stereocenters. The number of hydrogen-bond donors (Lipinski definition) is 0. The first kappa shape index (κ1) is 26.1. The van der Waals surface area contributed by atoms with E-state index < -0.39 is 0 Å². The van der Waals surface area contributed by atoms with Crippen molar-refractivity contribution in [2.75, 3.05) is 0 Å². The molecule has 0 fully saturated rings. The van der Waals surface area contributed by atoms with Gasteiger partial charge in [0, 0.05) is 0 Å². The van der Waals surface area contributed by atoms with Crippen molar-refractivity contribution < 1.29 is 24.2 Å². The van der Waals surface area contributed by atoms with E-state index in [0.717, 1.165) is 6.42 Å². The van der Waals surface area contributed by atoms with Crippen LogP contribution in [0.1, 0.15) is 84.4 Å². The molecule has 0 saturated heterocycles. The Bertz CT molecular complexity index is 871. The van der Waals surface area contributed by atoms with Gasteiger partial charge in [-0.15, -0.1) is 6.42 Å². The van der Waals surface area contributed by atoms with Gasteiger partial charge in [-0.25, -0.2) is 12.1 Å². The molecule has 0 amide bonds. The topological polar surface area (TPSA) is 0 Å². The molecule has 2 aromatic rings. The summed E-state index contributed by atoms with van der Waals surface area (Å²) in [5.74, 6) is 0. The largest absolute Gasteiger partial charge is 0.210 e. The maximum absolute atomic E-state index is 3.34. The molecule has 0 radical (unpaired) electrons. The third-order valence-corrected chi connectivity index (χ3v) is 6.63. The molecule has 0 heterocycles. The van der Waals surface area contributed by atoms with Crippen molar-refractivity contribution in [1.82, 2.24) is 0 Å². The van der Waals surface area contributed by atoms with Gasteiger partial charge in [0.05, 0.1) is 0 Å². The van der Waals surface area contributed by atoms with Crippen molar-refractivity contribution in [2.45, 2.75) is 80.6 Å². The summed E-state index contributed by atoms with van der Waals surface area (Å²) in [4.78, 5) is 0. The van der Waals surface area contributed by atoms with Crippen LogP contribution in [-0.4, -0.2) is 3.21 Å². The van der Waals surface area contributed by atoms with Crippen molar-refractivity contribution in [3.8, 4) is 0 Å². The first-order valence-corrected chi connectivity index (χ1v) is 12.9. The van der Waals surface area contributed by atoms with Crippen molar-refractivity contribution in [1.29, 1.82) is 0 Å². The van der Waals surface area contributed by atoms with E-state index >= 15 is 0 Å². The standard InChI is InChI=1S/C13H21.C9H11.C8H8.Zr/c1-12(2,3)10-8-7-9-11(10)13(4,5)6;1-2-5-9-7-3-6-8(9)4-1;1-2-8-6-4-3-5-7-8;/h8H,9H2,1-6H3;3,6-7H,1-2,4-5H2;3-7H,1H3;/q2*-1;;+2. The molecule has 2 aliphatic rings. The summed E-state index contributed by atoms with van der Waals surface area (Å²) in [6.07, 6.45) is 12.0. The molecule has 1 heteroatoms. The molecule has 2 aliphatic carbocycles. The van der Waals surface area contributed by atoms with Gasteiger partial charge in [-0.3, -0.25) is 6.08 Å². The molecule has 0 spiro atoms. The van der Waals surface area contributed by atoms with E-state index in [0.29, 0.717) is 5.41 Å². The van der Waals surface area contributed by atoms with Gasteiger partial charge in [0.1, 0.15) is 0 Å². The molecule has 2 aromatic carbocycles. The zero-order valence-electron chi connectivity index (χ0n) is 20.7. The van der Waals surface area contributed by atoms with Crippen LogP contribution in [0.2, 0.25) is 0 Å². The second kappa shape index (κ2) is 11.6. The minimum atomic E-state index is 0.270. The number of fused-ring (bicyclic) bond motifs is 1. The molecule has 0 unspecified atom stereocenters. The maximum atomic E-state index is 3.34. The molecular weight excluding hydrogens is 452 g/mol.